The smallest absolute Gasteiger partial charge is 0.139 e. The SMILES string of the molecule is CC(=O)C(C)(C)c1c(Cl)cccc1Cl. The Morgan fingerprint density at radius 3 is 2.00 bits per heavy atom. The van der Waals surface area contributed by atoms with Crippen LogP contribution >= 0.6 is 23.2 Å². The molecule has 0 aliphatic rings. The Bertz CT molecular complexity index is 349. The molecule has 0 saturated heterocycles. The van der Waals surface area contributed by atoms with E-state index in [1.165, 1.54) is 0 Å². The van der Waals surface area contributed by atoms with Gasteiger partial charge in [-0.25, -0.2) is 0 Å². The van der Waals surface area contributed by atoms with Gasteiger partial charge in [0.05, 0.1) is 5.41 Å². The summed E-state index contributed by atoms with van der Waals surface area (Å²) in [5.74, 6) is 0.0486. The fourth-order valence-electron chi connectivity index (χ4n) is 1.27. The van der Waals surface area contributed by atoms with Gasteiger partial charge in [-0.15, -0.1) is 0 Å². The molecule has 0 bridgehead atoms. The van der Waals surface area contributed by atoms with Gasteiger partial charge >= 0.3 is 0 Å². The molecule has 14 heavy (non-hydrogen) atoms. The lowest BCUT2D eigenvalue weighted by Gasteiger charge is -2.24. The van der Waals surface area contributed by atoms with E-state index in [9.17, 15) is 4.79 Å². The van der Waals surface area contributed by atoms with Crippen molar-refractivity contribution in [1.29, 1.82) is 0 Å². The molecule has 0 saturated carbocycles. The summed E-state index contributed by atoms with van der Waals surface area (Å²) in [6.45, 7) is 5.19. The maximum absolute atomic E-state index is 11.5. The van der Waals surface area contributed by atoms with E-state index in [1.54, 1.807) is 25.1 Å². The van der Waals surface area contributed by atoms with Crippen molar-refractivity contribution < 1.29 is 4.79 Å². The van der Waals surface area contributed by atoms with E-state index in [2.05, 4.69) is 0 Å². The lowest BCUT2D eigenvalue weighted by molar-refractivity contribution is -0.121. The third-order valence-corrected chi connectivity index (χ3v) is 3.10. The number of halogens is 2. The number of hydrogen-bond acceptors (Lipinski definition) is 1. The Balaban J connectivity index is 3.38. The van der Waals surface area contributed by atoms with Crippen LogP contribution in [0.2, 0.25) is 10.0 Å². The van der Waals surface area contributed by atoms with Crippen LogP contribution in [0.25, 0.3) is 0 Å². The van der Waals surface area contributed by atoms with Crippen molar-refractivity contribution in [3.63, 3.8) is 0 Å². The minimum absolute atomic E-state index is 0.0486. The fourth-order valence-corrected chi connectivity index (χ4v) is 2.14. The van der Waals surface area contributed by atoms with Gasteiger partial charge in [0.2, 0.25) is 0 Å². The number of rotatable bonds is 2. The molecule has 0 unspecified atom stereocenters. The van der Waals surface area contributed by atoms with Gasteiger partial charge in [-0.05, 0) is 32.9 Å². The van der Waals surface area contributed by atoms with Crippen molar-refractivity contribution >= 4 is 29.0 Å². The highest BCUT2D eigenvalue weighted by atomic mass is 35.5. The van der Waals surface area contributed by atoms with Crippen LogP contribution in [-0.4, -0.2) is 5.78 Å². The summed E-state index contributed by atoms with van der Waals surface area (Å²) in [6.07, 6.45) is 0. The first-order valence-electron chi connectivity index (χ1n) is 4.33. The molecule has 1 aromatic rings. The third kappa shape index (κ3) is 1.94. The molecule has 0 atom stereocenters. The normalized spacial score (nSPS) is 11.5. The van der Waals surface area contributed by atoms with Gasteiger partial charge < -0.3 is 0 Å². The van der Waals surface area contributed by atoms with E-state index in [0.717, 1.165) is 0 Å². The fraction of sp³-hybridized carbons (Fsp3) is 0.364. The number of carbonyl (C=O) groups excluding carboxylic acids is 1. The molecule has 1 nitrogen and oxygen atoms in total. The molecule has 1 aromatic carbocycles. The minimum atomic E-state index is -0.630. The summed E-state index contributed by atoms with van der Waals surface area (Å²) < 4.78 is 0. The van der Waals surface area contributed by atoms with Gasteiger partial charge in [-0.2, -0.15) is 0 Å². The van der Waals surface area contributed by atoms with Gasteiger partial charge in [0.15, 0.2) is 0 Å². The Kier molecular flexibility index (Phi) is 3.23. The van der Waals surface area contributed by atoms with Crippen LogP contribution in [0.4, 0.5) is 0 Å². The molecular formula is C11H12Cl2O. The summed E-state index contributed by atoms with van der Waals surface area (Å²) in [7, 11) is 0. The Hall–Kier alpha value is -0.530. The summed E-state index contributed by atoms with van der Waals surface area (Å²) in [5, 5.41) is 1.08. The molecule has 0 aromatic heterocycles. The van der Waals surface area contributed by atoms with Crippen LogP contribution in [0.1, 0.15) is 26.3 Å². The molecule has 0 spiro atoms. The van der Waals surface area contributed by atoms with Crippen LogP contribution in [0.15, 0.2) is 18.2 Å². The molecule has 0 aliphatic carbocycles. The van der Waals surface area contributed by atoms with Gasteiger partial charge in [0.25, 0.3) is 0 Å². The number of benzene rings is 1. The maximum atomic E-state index is 11.5. The molecular weight excluding hydrogens is 219 g/mol. The van der Waals surface area contributed by atoms with E-state index in [1.807, 2.05) is 13.8 Å². The zero-order chi connectivity index (χ0) is 10.9. The molecule has 3 heteroatoms. The van der Waals surface area contributed by atoms with Crippen molar-refractivity contribution in [3.05, 3.63) is 33.8 Å². The summed E-state index contributed by atoms with van der Waals surface area (Å²) in [6, 6.07) is 5.26. The van der Waals surface area contributed by atoms with Gasteiger partial charge in [0.1, 0.15) is 5.78 Å². The highest BCUT2D eigenvalue weighted by Gasteiger charge is 2.30. The predicted octanol–water partition coefficient (Wildman–Crippen LogP) is 3.86. The van der Waals surface area contributed by atoms with Crippen LogP contribution in [0.3, 0.4) is 0 Å². The van der Waals surface area contributed by atoms with Crippen molar-refractivity contribution in [3.8, 4) is 0 Å². The highest BCUT2D eigenvalue weighted by Crippen LogP contribution is 2.35. The molecule has 0 amide bonds. The quantitative estimate of drug-likeness (QED) is 0.755. The monoisotopic (exact) mass is 230 g/mol. The third-order valence-electron chi connectivity index (χ3n) is 2.47. The summed E-state index contributed by atoms with van der Waals surface area (Å²) in [4.78, 5) is 11.5. The van der Waals surface area contributed by atoms with Gasteiger partial charge in [0, 0.05) is 15.6 Å². The van der Waals surface area contributed by atoms with E-state index in [0.29, 0.717) is 15.6 Å². The predicted molar refractivity (Wildman–Crippen MR) is 60.2 cm³/mol. The Morgan fingerprint density at radius 1 is 1.21 bits per heavy atom. The Morgan fingerprint density at radius 2 is 1.64 bits per heavy atom. The highest BCUT2D eigenvalue weighted by molar-refractivity contribution is 6.36. The molecule has 1 rings (SSSR count). The van der Waals surface area contributed by atoms with Gasteiger partial charge in [-0.3, -0.25) is 4.79 Å². The zero-order valence-corrected chi connectivity index (χ0v) is 9.91. The van der Waals surface area contributed by atoms with Crippen molar-refractivity contribution in [2.75, 3.05) is 0 Å². The largest absolute Gasteiger partial charge is 0.299 e. The molecule has 0 fully saturated rings. The molecule has 0 N–H and O–H groups in total. The van der Waals surface area contributed by atoms with Crippen LogP contribution in [0, 0.1) is 0 Å². The standard InChI is InChI=1S/C11H12Cl2O/c1-7(14)11(2,3)10-8(12)5-4-6-9(10)13/h4-6H,1-3H3. The number of Topliss-reactive ketones (excluding diaryl/α,β-unsaturated/α-hetero) is 1. The van der Waals surface area contributed by atoms with E-state index >= 15 is 0 Å². The second kappa shape index (κ2) is 3.92. The number of carbonyl (C=O) groups is 1. The lowest BCUT2D eigenvalue weighted by Crippen LogP contribution is -2.27. The van der Waals surface area contributed by atoms with Crippen LogP contribution in [0.5, 0.6) is 0 Å². The minimum Gasteiger partial charge on any atom is -0.299 e. The molecule has 0 radical (unpaired) electrons. The van der Waals surface area contributed by atoms with Crippen molar-refractivity contribution in [2.45, 2.75) is 26.2 Å². The summed E-state index contributed by atoms with van der Waals surface area (Å²) >= 11 is 12.0. The zero-order valence-electron chi connectivity index (χ0n) is 8.40. The second-order valence-electron chi connectivity index (χ2n) is 3.78. The van der Waals surface area contributed by atoms with E-state index in [-0.39, 0.29) is 5.78 Å². The average molecular weight is 231 g/mol. The lowest BCUT2D eigenvalue weighted by atomic mass is 9.81. The average Bonchev–Trinajstić information content (AvgIpc) is 2.02. The number of hydrogen-bond donors (Lipinski definition) is 0. The molecule has 0 aliphatic heterocycles. The first-order chi connectivity index (χ1) is 6.37. The van der Waals surface area contributed by atoms with Crippen LogP contribution in [-0.2, 0) is 10.2 Å². The second-order valence-corrected chi connectivity index (χ2v) is 4.59. The number of ketones is 1. The van der Waals surface area contributed by atoms with E-state index < -0.39 is 5.41 Å². The van der Waals surface area contributed by atoms with Crippen molar-refractivity contribution in [2.24, 2.45) is 0 Å². The van der Waals surface area contributed by atoms with Crippen LogP contribution < -0.4 is 0 Å². The van der Waals surface area contributed by atoms with Gasteiger partial charge in [-0.1, -0.05) is 29.3 Å². The first-order valence-corrected chi connectivity index (χ1v) is 5.08. The first kappa shape index (κ1) is 11.5. The summed E-state index contributed by atoms with van der Waals surface area (Å²) in [5.41, 5.74) is 0.0749. The Labute approximate surface area is 94.0 Å². The molecule has 0 heterocycles. The van der Waals surface area contributed by atoms with E-state index in [4.69, 9.17) is 23.2 Å². The maximum Gasteiger partial charge on any atom is 0.139 e. The molecule has 76 valence electrons. The topological polar surface area (TPSA) is 17.1 Å². The van der Waals surface area contributed by atoms with Crippen molar-refractivity contribution in [1.82, 2.24) is 0 Å².